The van der Waals surface area contributed by atoms with Gasteiger partial charge in [-0.2, -0.15) is 0 Å². The van der Waals surface area contributed by atoms with Crippen molar-refractivity contribution in [3.63, 3.8) is 0 Å². The van der Waals surface area contributed by atoms with Gasteiger partial charge in [0.05, 0.1) is 6.61 Å². The molecule has 0 amide bonds. The minimum absolute atomic E-state index is 0.400. The summed E-state index contributed by atoms with van der Waals surface area (Å²) in [5.74, 6) is 0.882. The molecule has 0 aromatic carbocycles. The smallest absolute Gasteiger partial charge is 0.0533 e. The molecule has 2 heteroatoms. The Labute approximate surface area is 108 Å². The fourth-order valence-electron chi connectivity index (χ4n) is 3.51. The predicted molar refractivity (Wildman–Crippen MR) is 74.3 cm³/mol. The lowest BCUT2D eigenvalue weighted by atomic mass is 9.72. The van der Waals surface area contributed by atoms with E-state index >= 15 is 0 Å². The third kappa shape index (κ3) is 3.69. The van der Waals surface area contributed by atoms with Crippen LogP contribution in [-0.2, 0) is 4.74 Å². The first-order valence-electron chi connectivity index (χ1n) is 7.43. The summed E-state index contributed by atoms with van der Waals surface area (Å²) in [6.45, 7) is 11.4. The fourth-order valence-corrected chi connectivity index (χ4v) is 3.51. The SMILES string of the molecule is CCN(CC)CC(CC)(COC)C1CCCC1. The van der Waals surface area contributed by atoms with Crippen molar-refractivity contribution >= 4 is 0 Å². The number of rotatable bonds is 8. The first-order valence-corrected chi connectivity index (χ1v) is 7.43. The Morgan fingerprint density at radius 2 is 1.71 bits per heavy atom. The van der Waals surface area contributed by atoms with Gasteiger partial charge in [-0.15, -0.1) is 0 Å². The summed E-state index contributed by atoms with van der Waals surface area (Å²) in [5, 5.41) is 0. The molecule has 1 unspecified atom stereocenters. The lowest BCUT2D eigenvalue weighted by Crippen LogP contribution is -2.44. The highest BCUT2D eigenvalue weighted by Gasteiger charge is 2.39. The number of nitrogens with zero attached hydrogens (tertiary/aromatic N) is 1. The Bertz CT molecular complexity index is 197. The first kappa shape index (κ1) is 15.0. The highest BCUT2D eigenvalue weighted by atomic mass is 16.5. The highest BCUT2D eigenvalue weighted by molar-refractivity contribution is 4.90. The molecule has 0 radical (unpaired) electrons. The van der Waals surface area contributed by atoms with Crippen molar-refractivity contribution in [2.45, 2.75) is 52.9 Å². The molecule has 0 aliphatic heterocycles. The fraction of sp³-hybridized carbons (Fsp3) is 1.00. The molecule has 0 aromatic heterocycles. The molecule has 0 N–H and O–H groups in total. The molecule has 2 nitrogen and oxygen atoms in total. The minimum Gasteiger partial charge on any atom is -0.384 e. The van der Waals surface area contributed by atoms with Crippen LogP contribution in [0.25, 0.3) is 0 Å². The Kier molecular flexibility index (Phi) is 6.50. The van der Waals surface area contributed by atoms with Crippen molar-refractivity contribution in [2.24, 2.45) is 11.3 Å². The average molecular weight is 241 g/mol. The summed E-state index contributed by atoms with van der Waals surface area (Å²) in [4.78, 5) is 2.57. The zero-order valence-corrected chi connectivity index (χ0v) is 12.3. The molecule has 0 aromatic rings. The van der Waals surface area contributed by atoms with E-state index in [0.717, 1.165) is 25.6 Å². The normalized spacial score (nSPS) is 21.0. The second-order valence-electron chi connectivity index (χ2n) is 5.59. The lowest BCUT2D eigenvalue weighted by molar-refractivity contribution is 0.000976. The van der Waals surface area contributed by atoms with Gasteiger partial charge in [0.1, 0.15) is 0 Å². The molecule has 0 bridgehead atoms. The van der Waals surface area contributed by atoms with Crippen LogP contribution in [0.4, 0.5) is 0 Å². The van der Waals surface area contributed by atoms with Crippen LogP contribution in [0.3, 0.4) is 0 Å². The van der Waals surface area contributed by atoms with Gasteiger partial charge in [0.25, 0.3) is 0 Å². The van der Waals surface area contributed by atoms with Gasteiger partial charge in [-0.05, 0) is 38.3 Å². The van der Waals surface area contributed by atoms with Crippen molar-refractivity contribution in [1.29, 1.82) is 0 Å². The Balaban J connectivity index is 2.74. The standard InChI is InChI=1S/C15H31NO/c1-5-15(13-17-4,12-16(6-2)7-3)14-10-8-9-11-14/h14H,5-13H2,1-4H3. The maximum Gasteiger partial charge on any atom is 0.0533 e. The van der Waals surface area contributed by atoms with Gasteiger partial charge in [0.2, 0.25) is 0 Å². The van der Waals surface area contributed by atoms with Crippen LogP contribution < -0.4 is 0 Å². The minimum atomic E-state index is 0.400. The van der Waals surface area contributed by atoms with Crippen LogP contribution in [-0.4, -0.2) is 38.3 Å². The zero-order valence-electron chi connectivity index (χ0n) is 12.3. The van der Waals surface area contributed by atoms with E-state index in [1.807, 2.05) is 7.11 Å². The van der Waals surface area contributed by atoms with E-state index in [0.29, 0.717) is 5.41 Å². The van der Waals surface area contributed by atoms with Crippen LogP contribution in [0.15, 0.2) is 0 Å². The quantitative estimate of drug-likeness (QED) is 0.644. The van der Waals surface area contributed by atoms with Gasteiger partial charge >= 0.3 is 0 Å². The number of hydrogen-bond acceptors (Lipinski definition) is 2. The summed E-state index contributed by atoms with van der Waals surface area (Å²) in [6.07, 6.45) is 6.93. The summed E-state index contributed by atoms with van der Waals surface area (Å²) < 4.78 is 5.57. The number of hydrogen-bond donors (Lipinski definition) is 0. The molecule has 1 rings (SSSR count). The Morgan fingerprint density at radius 1 is 1.12 bits per heavy atom. The van der Waals surface area contributed by atoms with E-state index in [1.54, 1.807) is 0 Å². The van der Waals surface area contributed by atoms with Crippen LogP contribution in [0.2, 0.25) is 0 Å². The van der Waals surface area contributed by atoms with Crippen molar-refractivity contribution < 1.29 is 4.74 Å². The van der Waals surface area contributed by atoms with Crippen molar-refractivity contribution in [3.05, 3.63) is 0 Å². The molecule has 102 valence electrons. The van der Waals surface area contributed by atoms with E-state index in [-0.39, 0.29) is 0 Å². The molecule has 1 aliphatic rings. The number of ether oxygens (including phenoxy) is 1. The van der Waals surface area contributed by atoms with Gasteiger partial charge in [0, 0.05) is 19.1 Å². The van der Waals surface area contributed by atoms with Crippen molar-refractivity contribution in [1.82, 2.24) is 4.90 Å². The second kappa shape index (κ2) is 7.38. The number of methoxy groups -OCH3 is 1. The monoisotopic (exact) mass is 241 g/mol. The average Bonchev–Trinajstić information content (AvgIpc) is 2.89. The van der Waals surface area contributed by atoms with Crippen LogP contribution in [0.1, 0.15) is 52.9 Å². The van der Waals surface area contributed by atoms with Gasteiger partial charge in [-0.3, -0.25) is 0 Å². The summed E-state index contributed by atoms with van der Waals surface area (Å²) in [7, 11) is 1.86. The molecule has 17 heavy (non-hydrogen) atoms. The van der Waals surface area contributed by atoms with Gasteiger partial charge in [-0.1, -0.05) is 33.6 Å². The largest absolute Gasteiger partial charge is 0.384 e. The molecule has 1 saturated carbocycles. The first-order chi connectivity index (χ1) is 8.22. The van der Waals surface area contributed by atoms with Gasteiger partial charge in [0.15, 0.2) is 0 Å². The van der Waals surface area contributed by atoms with Crippen molar-refractivity contribution in [3.8, 4) is 0 Å². The maximum absolute atomic E-state index is 5.57. The van der Waals surface area contributed by atoms with Crippen LogP contribution >= 0.6 is 0 Å². The van der Waals surface area contributed by atoms with E-state index in [2.05, 4.69) is 25.7 Å². The third-order valence-corrected chi connectivity index (χ3v) is 4.79. The Morgan fingerprint density at radius 3 is 2.12 bits per heavy atom. The van der Waals surface area contributed by atoms with E-state index in [4.69, 9.17) is 4.74 Å². The van der Waals surface area contributed by atoms with E-state index < -0.39 is 0 Å². The molecular formula is C15H31NO. The van der Waals surface area contributed by atoms with Crippen LogP contribution in [0, 0.1) is 11.3 Å². The van der Waals surface area contributed by atoms with Crippen molar-refractivity contribution in [2.75, 3.05) is 33.4 Å². The maximum atomic E-state index is 5.57. The topological polar surface area (TPSA) is 12.5 Å². The zero-order chi connectivity index (χ0) is 12.7. The van der Waals surface area contributed by atoms with E-state index in [1.165, 1.54) is 38.6 Å². The van der Waals surface area contributed by atoms with Crippen LogP contribution in [0.5, 0.6) is 0 Å². The van der Waals surface area contributed by atoms with Gasteiger partial charge < -0.3 is 9.64 Å². The molecular weight excluding hydrogens is 210 g/mol. The molecule has 0 saturated heterocycles. The second-order valence-corrected chi connectivity index (χ2v) is 5.59. The molecule has 1 atom stereocenters. The molecule has 0 spiro atoms. The summed E-state index contributed by atoms with van der Waals surface area (Å²) in [5.41, 5.74) is 0.400. The van der Waals surface area contributed by atoms with E-state index in [9.17, 15) is 0 Å². The highest BCUT2D eigenvalue weighted by Crippen LogP contribution is 2.43. The van der Waals surface area contributed by atoms with Gasteiger partial charge in [-0.25, -0.2) is 0 Å². The molecule has 1 fully saturated rings. The summed E-state index contributed by atoms with van der Waals surface area (Å²) >= 11 is 0. The predicted octanol–water partition coefficient (Wildman–Crippen LogP) is 3.56. The Hall–Kier alpha value is -0.0800. The molecule has 0 heterocycles. The lowest BCUT2D eigenvalue weighted by Gasteiger charge is -2.41. The third-order valence-electron chi connectivity index (χ3n) is 4.79. The summed E-state index contributed by atoms with van der Waals surface area (Å²) in [6, 6.07) is 0. The molecule has 1 aliphatic carbocycles.